The molecule has 116 valence electrons. The number of hydrogen-bond acceptors (Lipinski definition) is 4. The average Bonchev–Trinajstić information content (AvgIpc) is 3.03. The van der Waals surface area contributed by atoms with Gasteiger partial charge in [-0.15, -0.1) is 0 Å². The zero-order chi connectivity index (χ0) is 15.3. The molecule has 21 heavy (non-hydrogen) atoms. The summed E-state index contributed by atoms with van der Waals surface area (Å²) in [5.74, 6) is -0.0663. The van der Waals surface area contributed by atoms with Crippen LogP contribution in [-0.4, -0.2) is 24.5 Å². The van der Waals surface area contributed by atoms with Gasteiger partial charge in [0.05, 0.1) is 12.0 Å². The van der Waals surface area contributed by atoms with Gasteiger partial charge in [0.25, 0.3) is 0 Å². The Labute approximate surface area is 126 Å². The molecule has 2 unspecified atom stereocenters. The number of hydrogen-bond donors (Lipinski definition) is 4. The first-order valence-electron chi connectivity index (χ1n) is 7.69. The summed E-state index contributed by atoms with van der Waals surface area (Å²) in [6, 6.07) is 10.0. The maximum atomic E-state index is 12.5. The van der Waals surface area contributed by atoms with Crippen molar-refractivity contribution in [2.24, 2.45) is 11.7 Å². The van der Waals surface area contributed by atoms with E-state index in [-0.39, 0.29) is 23.4 Å². The second-order valence-electron chi connectivity index (χ2n) is 5.81. The molecule has 1 amide bonds. The van der Waals surface area contributed by atoms with Gasteiger partial charge >= 0.3 is 0 Å². The lowest BCUT2D eigenvalue weighted by Crippen LogP contribution is -2.50. The van der Waals surface area contributed by atoms with Gasteiger partial charge in [0.2, 0.25) is 5.91 Å². The summed E-state index contributed by atoms with van der Waals surface area (Å²) in [7, 11) is 0. The van der Waals surface area contributed by atoms with E-state index in [1.807, 2.05) is 30.3 Å². The van der Waals surface area contributed by atoms with Crippen LogP contribution in [0.5, 0.6) is 0 Å². The number of nitrogens with two attached hydrogens (primary N) is 1. The lowest BCUT2D eigenvalue weighted by molar-refractivity contribution is -0.125. The van der Waals surface area contributed by atoms with Crippen LogP contribution in [0, 0.1) is 5.92 Å². The van der Waals surface area contributed by atoms with Gasteiger partial charge in [-0.3, -0.25) is 10.2 Å². The van der Waals surface area contributed by atoms with Crippen molar-refractivity contribution in [2.75, 3.05) is 13.1 Å². The van der Waals surface area contributed by atoms with Crippen LogP contribution in [0.4, 0.5) is 0 Å². The second kappa shape index (κ2) is 7.02. The number of amides is 1. The zero-order valence-corrected chi connectivity index (χ0v) is 12.9. The lowest BCUT2D eigenvalue weighted by atomic mass is 9.92. The quantitative estimate of drug-likeness (QED) is 0.632. The van der Waals surface area contributed by atoms with E-state index in [2.05, 4.69) is 30.0 Å². The topological polar surface area (TPSA) is 79.2 Å². The third-order valence-corrected chi connectivity index (χ3v) is 4.50. The van der Waals surface area contributed by atoms with E-state index in [9.17, 15) is 4.79 Å². The summed E-state index contributed by atoms with van der Waals surface area (Å²) >= 11 is 0. The number of rotatable bonds is 6. The van der Waals surface area contributed by atoms with Crippen molar-refractivity contribution in [1.29, 1.82) is 0 Å². The van der Waals surface area contributed by atoms with Crippen LogP contribution in [0.15, 0.2) is 30.3 Å². The highest BCUT2D eigenvalue weighted by molar-refractivity contribution is 5.80. The predicted molar refractivity (Wildman–Crippen MR) is 84.3 cm³/mol. The van der Waals surface area contributed by atoms with Crippen molar-refractivity contribution < 1.29 is 4.79 Å². The molecule has 1 aliphatic rings. The maximum Gasteiger partial charge on any atom is 0.226 e. The molecule has 5 N–H and O–H groups in total. The molecule has 1 aromatic carbocycles. The Hall–Kier alpha value is -1.43. The Morgan fingerprint density at radius 3 is 2.62 bits per heavy atom. The molecule has 1 saturated heterocycles. The summed E-state index contributed by atoms with van der Waals surface area (Å²) in [6.45, 7) is 5.26. The van der Waals surface area contributed by atoms with Crippen LogP contribution >= 0.6 is 0 Å². The molecule has 0 aromatic heterocycles. The standard InChI is InChI=1S/C16H26N4O/c1-3-16(17,4-2)11-18-15(21)13-10-19-20-14(13)12-8-6-5-7-9-12/h5-9,13-14,19-20H,3-4,10-11,17H2,1-2H3,(H,18,21). The number of benzene rings is 1. The molecule has 0 bridgehead atoms. The first-order valence-corrected chi connectivity index (χ1v) is 7.69. The zero-order valence-electron chi connectivity index (χ0n) is 12.9. The predicted octanol–water partition coefficient (Wildman–Crippen LogP) is 1.09. The van der Waals surface area contributed by atoms with Crippen molar-refractivity contribution in [1.82, 2.24) is 16.2 Å². The Morgan fingerprint density at radius 2 is 2.00 bits per heavy atom. The normalized spacial score (nSPS) is 22.2. The summed E-state index contributed by atoms with van der Waals surface area (Å²) in [6.07, 6.45) is 1.71. The molecule has 1 fully saturated rings. The highest BCUT2D eigenvalue weighted by atomic mass is 16.2. The molecule has 0 aliphatic carbocycles. The molecule has 5 nitrogen and oxygen atoms in total. The minimum absolute atomic E-state index is 0.00151. The number of carbonyl (C=O) groups excluding carboxylic acids is 1. The molecule has 1 heterocycles. The molecule has 2 atom stereocenters. The van der Waals surface area contributed by atoms with Gasteiger partial charge < -0.3 is 11.1 Å². The van der Waals surface area contributed by atoms with Gasteiger partial charge in [0.1, 0.15) is 0 Å². The molecular weight excluding hydrogens is 264 g/mol. The summed E-state index contributed by atoms with van der Waals surface area (Å²) < 4.78 is 0. The van der Waals surface area contributed by atoms with Gasteiger partial charge in [-0.2, -0.15) is 0 Å². The minimum Gasteiger partial charge on any atom is -0.354 e. The van der Waals surface area contributed by atoms with Gasteiger partial charge in [0.15, 0.2) is 0 Å². The van der Waals surface area contributed by atoms with Crippen molar-refractivity contribution in [3.8, 4) is 0 Å². The summed E-state index contributed by atoms with van der Waals surface area (Å²) in [5.41, 5.74) is 13.3. The molecule has 5 heteroatoms. The molecule has 0 spiro atoms. The van der Waals surface area contributed by atoms with Crippen molar-refractivity contribution in [2.45, 2.75) is 38.3 Å². The van der Waals surface area contributed by atoms with Crippen molar-refractivity contribution in [3.05, 3.63) is 35.9 Å². The fourth-order valence-electron chi connectivity index (χ4n) is 2.61. The van der Waals surface area contributed by atoms with Gasteiger partial charge in [0, 0.05) is 18.6 Å². The first kappa shape index (κ1) is 15.9. The largest absolute Gasteiger partial charge is 0.354 e. The monoisotopic (exact) mass is 290 g/mol. The summed E-state index contributed by atoms with van der Waals surface area (Å²) in [5, 5.41) is 3.02. The fourth-order valence-corrected chi connectivity index (χ4v) is 2.61. The van der Waals surface area contributed by atoms with E-state index in [0.29, 0.717) is 13.1 Å². The van der Waals surface area contributed by atoms with Crippen molar-refractivity contribution in [3.63, 3.8) is 0 Å². The van der Waals surface area contributed by atoms with E-state index in [4.69, 9.17) is 5.73 Å². The smallest absolute Gasteiger partial charge is 0.226 e. The third kappa shape index (κ3) is 3.81. The Balaban J connectivity index is 1.98. The average molecular weight is 290 g/mol. The first-order chi connectivity index (χ1) is 10.1. The Kier molecular flexibility index (Phi) is 5.33. The Bertz CT molecular complexity index is 459. The van der Waals surface area contributed by atoms with Crippen LogP contribution in [0.25, 0.3) is 0 Å². The number of nitrogens with one attached hydrogen (secondary N) is 3. The number of carbonyl (C=O) groups is 1. The van der Waals surface area contributed by atoms with Crippen LogP contribution in [0.1, 0.15) is 38.3 Å². The van der Waals surface area contributed by atoms with Crippen molar-refractivity contribution >= 4 is 5.91 Å². The maximum absolute atomic E-state index is 12.5. The third-order valence-electron chi connectivity index (χ3n) is 4.50. The van der Waals surface area contributed by atoms with Gasteiger partial charge in [-0.1, -0.05) is 44.2 Å². The Morgan fingerprint density at radius 1 is 1.33 bits per heavy atom. The van der Waals surface area contributed by atoms with Crippen LogP contribution < -0.4 is 21.9 Å². The summed E-state index contributed by atoms with van der Waals surface area (Å²) in [4.78, 5) is 12.5. The highest BCUT2D eigenvalue weighted by Crippen LogP contribution is 2.24. The van der Waals surface area contributed by atoms with E-state index >= 15 is 0 Å². The molecule has 2 rings (SSSR count). The SMILES string of the molecule is CCC(N)(CC)CNC(=O)C1CNNC1c1ccccc1. The van der Waals surface area contributed by atoms with E-state index in [1.165, 1.54) is 0 Å². The van der Waals surface area contributed by atoms with E-state index in [1.54, 1.807) is 0 Å². The van der Waals surface area contributed by atoms with E-state index in [0.717, 1.165) is 18.4 Å². The molecule has 0 radical (unpaired) electrons. The second-order valence-corrected chi connectivity index (χ2v) is 5.81. The van der Waals surface area contributed by atoms with E-state index < -0.39 is 0 Å². The molecular formula is C16H26N4O. The number of hydrazine groups is 1. The fraction of sp³-hybridized carbons (Fsp3) is 0.562. The lowest BCUT2D eigenvalue weighted by Gasteiger charge is -2.28. The minimum atomic E-state index is -0.308. The van der Waals surface area contributed by atoms with Gasteiger partial charge in [-0.05, 0) is 18.4 Å². The van der Waals surface area contributed by atoms with Crippen LogP contribution in [0.2, 0.25) is 0 Å². The highest BCUT2D eigenvalue weighted by Gasteiger charge is 2.34. The van der Waals surface area contributed by atoms with Crippen LogP contribution in [-0.2, 0) is 4.79 Å². The molecule has 1 aliphatic heterocycles. The van der Waals surface area contributed by atoms with Crippen LogP contribution in [0.3, 0.4) is 0 Å². The van der Waals surface area contributed by atoms with Gasteiger partial charge in [-0.25, -0.2) is 5.43 Å². The molecule has 0 saturated carbocycles. The molecule has 1 aromatic rings.